The molecule has 1 aromatic rings. The Bertz CT molecular complexity index is 531. The minimum atomic E-state index is -1.21. The second kappa shape index (κ2) is 5.70. The van der Waals surface area contributed by atoms with Crippen LogP contribution in [0.3, 0.4) is 0 Å². The number of nitrogens with zero attached hydrogens (tertiary/aromatic N) is 2. The van der Waals surface area contributed by atoms with Gasteiger partial charge in [0, 0.05) is 19.3 Å². The SMILES string of the molecule is O=C(c1ccnc(F)c1F)N1CCC2(CCCCC2)CC1. The first-order valence-electron chi connectivity index (χ1n) is 7.71. The highest BCUT2D eigenvalue weighted by atomic mass is 19.2. The van der Waals surface area contributed by atoms with Crippen molar-refractivity contribution >= 4 is 5.91 Å². The average molecular weight is 294 g/mol. The molecule has 0 radical (unpaired) electrons. The van der Waals surface area contributed by atoms with Crippen molar-refractivity contribution in [3.63, 3.8) is 0 Å². The Morgan fingerprint density at radius 3 is 2.43 bits per heavy atom. The zero-order valence-corrected chi connectivity index (χ0v) is 12.1. The van der Waals surface area contributed by atoms with Crippen molar-refractivity contribution in [2.24, 2.45) is 5.41 Å². The highest BCUT2D eigenvalue weighted by Crippen LogP contribution is 2.44. The summed E-state index contributed by atoms with van der Waals surface area (Å²) in [6.45, 7) is 1.28. The molecule has 1 aromatic heterocycles. The van der Waals surface area contributed by atoms with Crippen molar-refractivity contribution in [1.82, 2.24) is 9.88 Å². The van der Waals surface area contributed by atoms with E-state index in [-0.39, 0.29) is 5.56 Å². The fraction of sp³-hybridized carbons (Fsp3) is 0.625. The molecule has 3 nitrogen and oxygen atoms in total. The van der Waals surface area contributed by atoms with Gasteiger partial charge >= 0.3 is 0 Å². The molecule has 5 heteroatoms. The molecule has 0 atom stereocenters. The van der Waals surface area contributed by atoms with Gasteiger partial charge in [-0.2, -0.15) is 4.39 Å². The second-order valence-electron chi connectivity index (χ2n) is 6.32. The zero-order chi connectivity index (χ0) is 14.9. The number of halogens is 2. The average Bonchev–Trinajstić information content (AvgIpc) is 2.51. The van der Waals surface area contributed by atoms with Crippen molar-refractivity contribution in [3.8, 4) is 0 Å². The summed E-state index contributed by atoms with van der Waals surface area (Å²) in [5, 5.41) is 0. The van der Waals surface area contributed by atoms with E-state index in [1.54, 1.807) is 4.90 Å². The summed E-state index contributed by atoms with van der Waals surface area (Å²) >= 11 is 0. The molecule has 0 unspecified atom stereocenters. The predicted octanol–water partition coefficient (Wildman–Crippen LogP) is 3.55. The molecule has 0 N–H and O–H groups in total. The monoisotopic (exact) mass is 294 g/mol. The molecule has 1 aliphatic heterocycles. The molecule has 1 saturated carbocycles. The van der Waals surface area contributed by atoms with Gasteiger partial charge in [0.15, 0.2) is 5.82 Å². The van der Waals surface area contributed by atoms with E-state index in [2.05, 4.69) is 4.98 Å². The van der Waals surface area contributed by atoms with Crippen molar-refractivity contribution in [3.05, 3.63) is 29.6 Å². The molecule has 0 aromatic carbocycles. The number of rotatable bonds is 1. The van der Waals surface area contributed by atoms with Crippen LogP contribution >= 0.6 is 0 Å². The number of pyridine rings is 1. The molecule has 1 aliphatic carbocycles. The molecule has 2 fully saturated rings. The molecular formula is C16H20F2N2O. The fourth-order valence-corrected chi connectivity index (χ4v) is 3.74. The molecule has 1 saturated heterocycles. The van der Waals surface area contributed by atoms with Crippen LogP contribution < -0.4 is 0 Å². The van der Waals surface area contributed by atoms with Gasteiger partial charge in [0.1, 0.15) is 0 Å². The standard InChI is InChI=1S/C16H20F2N2O/c17-13-12(4-9-19-14(13)18)15(21)20-10-7-16(8-11-20)5-2-1-3-6-16/h4,9H,1-3,5-8,10-11H2. The lowest BCUT2D eigenvalue weighted by Gasteiger charge is -2.44. The largest absolute Gasteiger partial charge is 0.339 e. The van der Waals surface area contributed by atoms with E-state index in [0.717, 1.165) is 19.0 Å². The lowest BCUT2D eigenvalue weighted by atomic mass is 9.68. The van der Waals surface area contributed by atoms with Crippen molar-refractivity contribution in [2.45, 2.75) is 44.9 Å². The van der Waals surface area contributed by atoms with Gasteiger partial charge < -0.3 is 4.90 Å². The lowest BCUT2D eigenvalue weighted by Crippen LogP contribution is -2.44. The maximum atomic E-state index is 13.7. The van der Waals surface area contributed by atoms with Gasteiger partial charge in [-0.05, 0) is 37.2 Å². The van der Waals surface area contributed by atoms with Crippen LogP contribution in [0.25, 0.3) is 0 Å². The van der Waals surface area contributed by atoms with Crippen LogP contribution in [0.1, 0.15) is 55.3 Å². The number of hydrogen-bond acceptors (Lipinski definition) is 2. The van der Waals surface area contributed by atoms with Crippen LogP contribution in [0, 0.1) is 17.2 Å². The zero-order valence-electron chi connectivity index (χ0n) is 12.1. The van der Waals surface area contributed by atoms with E-state index in [4.69, 9.17) is 0 Å². The van der Waals surface area contributed by atoms with Crippen LogP contribution in [-0.2, 0) is 0 Å². The molecular weight excluding hydrogens is 274 g/mol. The maximum Gasteiger partial charge on any atom is 0.257 e. The first kappa shape index (κ1) is 14.4. The van der Waals surface area contributed by atoms with E-state index >= 15 is 0 Å². The topological polar surface area (TPSA) is 33.2 Å². The lowest BCUT2D eigenvalue weighted by molar-refractivity contribution is 0.0467. The third kappa shape index (κ3) is 2.78. The molecule has 3 rings (SSSR count). The number of piperidine rings is 1. The molecule has 1 spiro atoms. The molecule has 1 amide bonds. The van der Waals surface area contributed by atoms with Crippen LogP contribution in [-0.4, -0.2) is 28.9 Å². The van der Waals surface area contributed by atoms with Gasteiger partial charge in [-0.25, -0.2) is 9.37 Å². The predicted molar refractivity (Wildman–Crippen MR) is 74.8 cm³/mol. The second-order valence-corrected chi connectivity index (χ2v) is 6.32. The van der Waals surface area contributed by atoms with E-state index in [0.29, 0.717) is 18.5 Å². The summed E-state index contributed by atoms with van der Waals surface area (Å²) in [6, 6.07) is 1.26. The summed E-state index contributed by atoms with van der Waals surface area (Å²) in [5.41, 5.74) is 0.180. The van der Waals surface area contributed by atoms with Gasteiger partial charge in [-0.3, -0.25) is 4.79 Å². The Morgan fingerprint density at radius 1 is 1.10 bits per heavy atom. The number of carbonyl (C=O) groups excluding carboxylic acids is 1. The van der Waals surface area contributed by atoms with E-state index in [1.807, 2.05) is 0 Å². The highest BCUT2D eigenvalue weighted by Gasteiger charge is 2.37. The first-order chi connectivity index (χ1) is 10.1. The van der Waals surface area contributed by atoms with Crippen LogP contribution in [0.4, 0.5) is 8.78 Å². The number of hydrogen-bond donors (Lipinski definition) is 0. The normalized spacial score (nSPS) is 21.5. The molecule has 2 aliphatic rings. The summed E-state index contributed by atoms with van der Waals surface area (Å²) in [5.74, 6) is -2.76. The minimum absolute atomic E-state index is 0.206. The van der Waals surface area contributed by atoms with Gasteiger partial charge in [-0.1, -0.05) is 19.3 Å². The van der Waals surface area contributed by atoms with Crippen LogP contribution in [0.2, 0.25) is 0 Å². The smallest absolute Gasteiger partial charge is 0.257 e. The Balaban J connectivity index is 1.69. The number of carbonyl (C=O) groups is 1. The third-order valence-corrected chi connectivity index (χ3v) is 5.10. The summed E-state index contributed by atoms with van der Waals surface area (Å²) < 4.78 is 26.8. The number of aromatic nitrogens is 1. The van der Waals surface area contributed by atoms with Gasteiger partial charge in [0.05, 0.1) is 5.56 Å². The molecule has 2 heterocycles. The third-order valence-electron chi connectivity index (χ3n) is 5.10. The van der Waals surface area contributed by atoms with Gasteiger partial charge in [-0.15, -0.1) is 0 Å². The first-order valence-corrected chi connectivity index (χ1v) is 7.71. The van der Waals surface area contributed by atoms with Crippen molar-refractivity contribution in [2.75, 3.05) is 13.1 Å². The van der Waals surface area contributed by atoms with Crippen LogP contribution in [0.5, 0.6) is 0 Å². The van der Waals surface area contributed by atoms with Gasteiger partial charge in [0.2, 0.25) is 5.95 Å². The highest BCUT2D eigenvalue weighted by molar-refractivity contribution is 5.94. The van der Waals surface area contributed by atoms with E-state index in [1.165, 1.54) is 38.2 Å². The Morgan fingerprint density at radius 2 is 1.76 bits per heavy atom. The molecule has 0 bridgehead atoms. The summed E-state index contributed by atoms with van der Waals surface area (Å²) in [6.07, 6.45) is 9.45. The number of amides is 1. The summed E-state index contributed by atoms with van der Waals surface area (Å²) in [7, 11) is 0. The van der Waals surface area contributed by atoms with Gasteiger partial charge in [0.25, 0.3) is 5.91 Å². The van der Waals surface area contributed by atoms with E-state index < -0.39 is 17.7 Å². The Hall–Kier alpha value is -1.52. The maximum absolute atomic E-state index is 13.7. The van der Waals surface area contributed by atoms with E-state index in [9.17, 15) is 13.6 Å². The molecule has 114 valence electrons. The van der Waals surface area contributed by atoms with Crippen molar-refractivity contribution < 1.29 is 13.6 Å². The fourth-order valence-electron chi connectivity index (χ4n) is 3.74. The summed E-state index contributed by atoms with van der Waals surface area (Å²) in [4.78, 5) is 17.2. The minimum Gasteiger partial charge on any atom is -0.339 e. The Labute approximate surface area is 123 Å². The number of likely N-dealkylation sites (tertiary alicyclic amines) is 1. The molecule has 21 heavy (non-hydrogen) atoms. The van der Waals surface area contributed by atoms with Crippen LogP contribution in [0.15, 0.2) is 12.3 Å². The van der Waals surface area contributed by atoms with Crippen molar-refractivity contribution in [1.29, 1.82) is 0 Å². The quantitative estimate of drug-likeness (QED) is 0.742. The Kier molecular flexibility index (Phi) is 3.91.